The monoisotopic (exact) mass is 172 g/mol. The lowest BCUT2D eigenvalue weighted by Crippen LogP contribution is -2.51. The highest BCUT2D eigenvalue weighted by Gasteiger charge is 2.22. The van der Waals surface area contributed by atoms with Crippen molar-refractivity contribution in [2.75, 3.05) is 26.3 Å². The molecule has 0 unspecified atom stereocenters. The normalized spacial score (nSPS) is 23.8. The van der Waals surface area contributed by atoms with Crippen LogP contribution in [0.2, 0.25) is 0 Å². The van der Waals surface area contributed by atoms with Gasteiger partial charge in [-0.1, -0.05) is 0 Å². The molecule has 1 aliphatic heterocycles. The van der Waals surface area contributed by atoms with Crippen molar-refractivity contribution in [3.8, 4) is 0 Å². The van der Waals surface area contributed by atoms with E-state index < -0.39 is 0 Å². The summed E-state index contributed by atoms with van der Waals surface area (Å²) in [5.41, 5.74) is 0. The SMILES string of the molecule is CCNC(=O)N1CCOC[C@H]1C. The Morgan fingerprint density at radius 2 is 2.50 bits per heavy atom. The first-order valence-electron chi connectivity index (χ1n) is 4.38. The van der Waals surface area contributed by atoms with Crippen LogP contribution in [0.25, 0.3) is 0 Å². The number of morpholine rings is 1. The average molecular weight is 172 g/mol. The fraction of sp³-hybridized carbons (Fsp3) is 0.875. The van der Waals surface area contributed by atoms with Crippen LogP contribution in [0.5, 0.6) is 0 Å². The van der Waals surface area contributed by atoms with Crippen LogP contribution in [0, 0.1) is 0 Å². The Morgan fingerprint density at radius 1 is 1.75 bits per heavy atom. The minimum Gasteiger partial charge on any atom is -0.377 e. The topological polar surface area (TPSA) is 41.6 Å². The van der Waals surface area contributed by atoms with Crippen molar-refractivity contribution in [1.82, 2.24) is 10.2 Å². The molecular weight excluding hydrogens is 156 g/mol. The number of nitrogens with one attached hydrogen (secondary N) is 1. The fourth-order valence-corrected chi connectivity index (χ4v) is 1.28. The molecule has 1 heterocycles. The molecule has 0 aromatic carbocycles. The van der Waals surface area contributed by atoms with Crippen molar-refractivity contribution in [2.45, 2.75) is 19.9 Å². The van der Waals surface area contributed by atoms with Crippen LogP contribution in [0.4, 0.5) is 4.79 Å². The molecule has 4 heteroatoms. The van der Waals surface area contributed by atoms with E-state index in [2.05, 4.69) is 5.32 Å². The van der Waals surface area contributed by atoms with E-state index in [4.69, 9.17) is 4.74 Å². The molecule has 4 nitrogen and oxygen atoms in total. The predicted octanol–water partition coefficient (Wildman–Crippen LogP) is 0.437. The lowest BCUT2D eigenvalue weighted by atomic mass is 10.3. The molecule has 1 aliphatic rings. The van der Waals surface area contributed by atoms with Gasteiger partial charge in [-0.05, 0) is 13.8 Å². The summed E-state index contributed by atoms with van der Waals surface area (Å²) in [5.74, 6) is 0. The van der Waals surface area contributed by atoms with Crippen molar-refractivity contribution in [3.05, 3.63) is 0 Å². The van der Waals surface area contributed by atoms with E-state index in [-0.39, 0.29) is 12.1 Å². The molecule has 1 saturated heterocycles. The van der Waals surface area contributed by atoms with Crippen molar-refractivity contribution in [2.24, 2.45) is 0 Å². The number of hydrogen-bond acceptors (Lipinski definition) is 2. The Kier molecular flexibility index (Phi) is 3.34. The van der Waals surface area contributed by atoms with Crippen molar-refractivity contribution in [3.63, 3.8) is 0 Å². The number of urea groups is 1. The lowest BCUT2D eigenvalue weighted by Gasteiger charge is -2.33. The van der Waals surface area contributed by atoms with Gasteiger partial charge in [0, 0.05) is 13.1 Å². The number of ether oxygens (including phenoxy) is 1. The number of hydrogen-bond donors (Lipinski definition) is 1. The highest BCUT2D eigenvalue weighted by Crippen LogP contribution is 2.05. The van der Waals surface area contributed by atoms with E-state index in [0.29, 0.717) is 26.3 Å². The summed E-state index contributed by atoms with van der Waals surface area (Å²) in [7, 11) is 0. The van der Waals surface area contributed by atoms with Gasteiger partial charge in [0.05, 0.1) is 19.3 Å². The zero-order valence-electron chi connectivity index (χ0n) is 7.67. The third-order valence-electron chi connectivity index (χ3n) is 1.96. The summed E-state index contributed by atoms with van der Waals surface area (Å²) in [6.45, 7) is 6.60. The number of amides is 2. The summed E-state index contributed by atoms with van der Waals surface area (Å²) in [5, 5.41) is 2.78. The average Bonchev–Trinajstić information content (AvgIpc) is 2.05. The van der Waals surface area contributed by atoms with E-state index in [1.165, 1.54) is 0 Å². The van der Waals surface area contributed by atoms with Crippen molar-refractivity contribution in [1.29, 1.82) is 0 Å². The number of nitrogens with zero attached hydrogens (tertiary/aromatic N) is 1. The number of carbonyl (C=O) groups excluding carboxylic acids is 1. The number of rotatable bonds is 1. The van der Waals surface area contributed by atoms with Gasteiger partial charge in [-0.25, -0.2) is 4.79 Å². The van der Waals surface area contributed by atoms with Crippen molar-refractivity contribution < 1.29 is 9.53 Å². The Bertz CT molecular complexity index is 161. The molecule has 1 atom stereocenters. The van der Waals surface area contributed by atoms with E-state index in [9.17, 15) is 4.79 Å². The molecule has 70 valence electrons. The zero-order chi connectivity index (χ0) is 8.97. The second-order valence-electron chi connectivity index (χ2n) is 2.95. The largest absolute Gasteiger partial charge is 0.377 e. The Morgan fingerprint density at radius 3 is 3.08 bits per heavy atom. The summed E-state index contributed by atoms with van der Waals surface area (Å²) in [6, 6.07) is 0.221. The first-order chi connectivity index (χ1) is 5.75. The van der Waals surface area contributed by atoms with E-state index in [1.54, 1.807) is 0 Å². The molecule has 0 spiro atoms. The minimum atomic E-state index is 0.0216. The highest BCUT2D eigenvalue weighted by atomic mass is 16.5. The molecule has 0 bridgehead atoms. The summed E-state index contributed by atoms with van der Waals surface area (Å²) >= 11 is 0. The first kappa shape index (κ1) is 9.32. The second kappa shape index (κ2) is 4.30. The molecule has 0 aromatic heterocycles. The molecule has 0 radical (unpaired) electrons. The summed E-state index contributed by atoms with van der Waals surface area (Å²) < 4.78 is 5.22. The van der Waals surface area contributed by atoms with Gasteiger partial charge >= 0.3 is 6.03 Å². The van der Waals surface area contributed by atoms with Crippen LogP contribution in [0.15, 0.2) is 0 Å². The zero-order valence-corrected chi connectivity index (χ0v) is 7.67. The quantitative estimate of drug-likeness (QED) is 0.623. The van der Waals surface area contributed by atoms with Crippen LogP contribution in [-0.2, 0) is 4.74 Å². The minimum absolute atomic E-state index is 0.0216. The highest BCUT2D eigenvalue weighted by molar-refractivity contribution is 5.74. The van der Waals surface area contributed by atoms with E-state index in [1.807, 2.05) is 18.7 Å². The molecule has 0 saturated carbocycles. The van der Waals surface area contributed by atoms with Gasteiger partial charge in [0.2, 0.25) is 0 Å². The van der Waals surface area contributed by atoms with Gasteiger partial charge in [0.15, 0.2) is 0 Å². The maximum absolute atomic E-state index is 11.4. The Hall–Kier alpha value is -0.770. The van der Waals surface area contributed by atoms with Crippen LogP contribution in [-0.4, -0.2) is 43.3 Å². The smallest absolute Gasteiger partial charge is 0.317 e. The summed E-state index contributed by atoms with van der Waals surface area (Å²) in [4.78, 5) is 13.2. The second-order valence-corrected chi connectivity index (χ2v) is 2.95. The van der Waals surface area contributed by atoms with E-state index in [0.717, 1.165) is 0 Å². The molecule has 2 amide bonds. The van der Waals surface area contributed by atoms with Crippen LogP contribution in [0.1, 0.15) is 13.8 Å². The third-order valence-corrected chi connectivity index (χ3v) is 1.96. The molecule has 12 heavy (non-hydrogen) atoms. The molecule has 1 fully saturated rings. The van der Waals surface area contributed by atoms with Crippen LogP contribution < -0.4 is 5.32 Å². The molecular formula is C8H16N2O2. The van der Waals surface area contributed by atoms with Crippen molar-refractivity contribution >= 4 is 6.03 Å². The maximum Gasteiger partial charge on any atom is 0.317 e. The molecule has 0 aliphatic carbocycles. The van der Waals surface area contributed by atoms with Gasteiger partial charge in [0.25, 0.3) is 0 Å². The van der Waals surface area contributed by atoms with Crippen LogP contribution in [0.3, 0.4) is 0 Å². The lowest BCUT2D eigenvalue weighted by molar-refractivity contribution is 0.0192. The Balaban J connectivity index is 2.42. The molecule has 1 rings (SSSR count). The van der Waals surface area contributed by atoms with Gasteiger partial charge in [-0.3, -0.25) is 0 Å². The first-order valence-corrected chi connectivity index (χ1v) is 4.38. The predicted molar refractivity (Wildman–Crippen MR) is 46.1 cm³/mol. The standard InChI is InChI=1S/C8H16N2O2/c1-3-9-8(11)10-4-5-12-6-7(10)2/h7H,3-6H2,1-2H3,(H,9,11)/t7-/m1/s1. The van der Waals surface area contributed by atoms with Gasteiger partial charge in [-0.2, -0.15) is 0 Å². The summed E-state index contributed by atoms with van der Waals surface area (Å²) in [6.07, 6.45) is 0. The van der Waals surface area contributed by atoms with Crippen LogP contribution >= 0.6 is 0 Å². The van der Waals surface area contributed by atoms with Gasteiger partial charge in [-0.15, -0.1) is 0 Å². The maximum atomic E-state index is 11.4. The molecule has 0 aromatic rings. The van der Waals surface area contributed by atoms with E-state index >= 15 is 0 Å². The number of carbonyl (C=O) groups is 1. The van der Waals surface area contributed by atoms with Gasteiger partial charge < -0.3 is 15.0 Å². The fourth-order valence-electron chi connectivity index (χ4n) is 1.28. The van der Waals surface area contributed by atoms with Gasteiger partial charge in [0.1, 0.15) is 0 Å². The third kappa shape index (κ3) is 2.11. The Labute approximate surface area is 72.9 Å². The molecule has 1 N–H and O–H groups in total.